The van der Waals surface area contributed by atoms with Crippen LogP contribution in [-0.2, 0) is 9.53 Å². The highest BCUT2D eigenvalue weighted by Crippen LogP contribution is 2.23. The van der Waals surface area contributed by atoms with E-state index in [1.807, 2.05) is 30.3 Å². The van der Waals surface area contributed by atoms with Crippen LogP contribution in [0, 0.1) is 0 Å². The normalized spacial score (nSPS) is 12.3. The molecule has 0 saturated carbocycles. The van der Waals surface area contributed by atoms with E-state index in [-0.39, 0.29) is 11.2 Å². The Balaban J connectivity index is 1.84. The van der Waals surface area contributed by atoms with E-state index >= 15 is 0 Å². The molecule has 0 bridgehead atoms. The lowest BCUT2D eigenvalue weighted by molar-refractivity contribution is -0.143. The summed E-state index contributed by atoms with van der Waals surface area (Å²) in [5.41, 5.74) is 1.06. The van der Waals surface area contributed by atoms with Gasteiger partial charge in [0.25, 0.3) is 0 Å². The summed E-state index contributed by atoms with van der Waals surface area (Å²) in [6.07, 6.45) is 23.1. The van der Waals surface area contributed by atoms with Crippen LogP contribution in [0.25, 0.3) is 0 Å². The molecule has 0 aliphatic heterocycles. The smallest absolute Gasteiger partial charge is 0.307 e. The van der Waals surface area contributed by atoms with E-state index in [4.69, 9.17) is 4.74 Å². The molecule has 0 N–H and O–H groups in total. The quantitative estimate of drug-likeness (QED) is 0.102. The third-order valence-electron chi connectivity index (χ3n) is 5.46. The van der Waals surface area contributed by atoms with Gasteiger partial charge < -0.3 is 4.74 Å². The summed E-state index contributed by atoms with van der Waals surface area (Å²) in [5.74, 6) is -0.147. The Morgan fingerprint density at radius 2 is 1.37 bits per heavy atom. The summed E-state index contributed by atoms with van der Waals surface area (Å²) in [6, 6.07) is 9.90. The van der Waals surface area contributed by atoms with Gasteiger partial charge in [0.15, 0.2) is 0 Å². The van der Waals surface area contributed by atoms with Crippen LogP contribution in [-0.4, -0.2) is 12.6 Å². The van der Waals surface area contributed by atoms with Gasteiger partial charge in [-0.15, -0.1) is 0 Å². The van der Waals surface area contributed by atoms with Crippen LogP contribution in [0.1, 0.15) is 114 Å². The molecule has 1 rings (SSSR count). The van der Waals surface area contributed by atoms with Gasteiger partial charge in [0, 0.05) is 5.25 Å². The molecule has 0 radical (unpaired) electrons. The molecule has 1 aromatic rings. The van der Waals surface area contributed by atoms with Crippen LogP contribution in [0.2, 0.25) is 0 Å². The van der Waals surface area contributed by atoms with Crippen molar-refractivity contribution in [1.82, 2.24) is 0 Å². The van der Waals surface area contributed by atoms with Crippen molar-refractivity contribution in [3.8, 4) is 0 Å². The maximum atomic E-state index is 11.9. The summed E-state index contributed by atoms with van der Waals surface area (Å²) in [6.45, 7) is 2.81. The van der Waals surface area contributed by atoms with E-state index in [9.17, 15) is 4.79 Å². The molecule has 1 unspecified atom stereocenters. The van der Waals surface area contributed by atoms with Crippen molar-refractivity contribution in [1.29, 1.82) is 0 Å². The number of carbonyl (C=O) groups is 1. The van der Waals surface area contributed by atoms with Crippen LogP contribution in [0.5, 0.6) is 0 Å². The van der Waals surface area contributed by atoms with E-state index < -0.39 is 0 Å². The molecule has 0 aliphatic rings. The Morgan fingerprint density at radius 1 is 0.833 bits per heavy atom. The first-order valence-corrected chi connectivity index (χ1v) is 12.8. The van der Waals surface area contributed by atoms with Gasteiger partial charge in [0.1, 0.15) is 0 Å². The molecule has 0 fully saturated rings. The van der Waals surface area contributed by atoms with Crippen molar-refractivity contribution in [2.24, 2.45) is 0 Å². The molecule has 3 heteroatoms. The monoisotopic (exact) mass is 432 g/mol. The third-order valence-corrected chi connectivity index (χ3v) is 5.94. The molecule has 0 aliphatic carbocycles. The van der Waals surface area contributed by atoms with Gasteiger partial charge in [0.2, 0.25) is 0 Å². The average molecular weight is 433 g/mol. The second-order valence-corrected chi connectivity index (χ2v) is 8.91. The Bertz CT molecular complexity index is 541. The summed E-state index contributed by atoms with van der Waals surface area (Å²) >= 11 is 4.51. The Kier molecular flexibility index (Phi) is 17.6. The minimum atomic E-state index is -0.147. The molecule has 1 aromatic carbocycles. The first kappa shape index (κ1) is 26.8. The van der Waals surface area contributed by atoms with Gasteiger partial charge in [-0.3, -0.25) is 4.79 Å². The lowest BCUT2D eigenvalue weighted by Gasteiger charge is -2.10. The SMILES string of the molecule is CCCCCCCC/C=C\CCCCCCCCOC(=O)CC(S)c1ccccc1. The Morgan fingerprint density at radius 3 is 1.97 bits per heavy atom. The largest absolute Gasteiger partial charge is 0.466 e. The first-order chi connectivity index (χ1) is 14.7. The molecule has 0 aromatic heterocycles. The number of rotatable bonds is 19. The maximum Gasteiger partial charge on any atom is 0.307 e. The fraction of sp³-hybridized carbons (Fsp3) is 0.667. The van der Waals surface area contributed by atoms with E-state index in [0.29, 0.717) is 13.0 Å². The number of benzene rings is 1. The molecule has 30 heavy (non-hydrogen) atoms. The highest BCUT2D eigenvalue weighted by molar-refractivity contribution is 7.80. The van der Waals surface area contributed by atoms with Crippen LogP contribution < -0.4 is 0 Å². The number of hydrogen-bond donors (Lipinski definition) is 1. The van der Waals surface area contributed by atoms with Crippen molar-refractivity contribution in [2.45, 2.75) is 108 Å². The first-order valence-electron chi connectivity index (χ1n) is 12.3. The minimum absolute atomic E-state index is 0.0847. The van der Waals surface area contributed by atoms with Crippen molar-refractivity contribution in [2.75, 3.05) is 6.61 Å². The van der Waals surface area contributed by atoms with Gasteiger partial charge in [-0.05, 0) is 37.7 Å². The molecule has 170 valence electrons. The molecule has 0 spiro atoms. The topological polar surface area (TPSA) is 26.3 Å². The van der Waals surface area contributed by atoms with E-state index in [1.54, 1.807) is 0 Å². The van der Waals surface area contributed by atoms with Gasteiger partial charge in [-0.2, -0.15) is 12.6 Å². The number of thiol groups is 1. The fourth-order valence-corrected chi connectivity index (χ4v) is 3.87. The zero-order valence-corrected chi connectivity index (χ0v) is 20.1. The standard InChI is InChI=1S/C27H44O2S/c1-2-3-4-5-6-7-8-9-10-11-12-13-14-15-16-20-23-29-27(28)24-26(30)25-21-18-17-19-22-25/h9-10,17-19,21-22,26,30H,2-8,11-16,20,23-24H2,1H3/b10-9-. The van der Waals surface area contributed by atoms with E-state index in [0.717, 1.165) is 18.4 Å². The Labute approximate surface area is 191 Å². The molecule has 0 amide bonds. The van der Waals surface area contributed by atoms with Crippen LogP contribution in [0.3, 0.4) is 0 Å². The van der Waals surface area contributed by atoms with Crippen molar-refractivity contribution >= 4 is 18.6 Å². The highest BCUT2D eigenvalue weighted by Gasteiger charge is 2.12. The number of unbranched alkanes of at least 4 members (excludes halogenated alkanes) is 12. The van der Waals surface area contributed by atoms with Crippen LogP contribution in [0.4, 0.5) is 0 Å². The van der Waals surface area contributed by atoms with Crippen molar-refractivity contribution in [3.63, 3.8) is 0 Å². The summed E-state index contributed by atoms with van der Waals surface area (Å²) in [7, 11) is 0. The van der Waals surface area contributed by atoms with Gasteiger partial charge in [0.05, 0.1) is 13.0 Å². The zero-order chi connectivity index (χ0) is 21.7. The fourth-order valence-electron chi connectivity index (χ4n) is 3.55. The molecule has 1 atom stereocenters. The zero-order valence-electron chi connectivity index (χ0n) is 19.2. The second kappa shape index (κ2) is 19.7. The van der Waals surface area contributed by atoms with Gasteiger partial charge in [-0.25, -0.2) is 0 Å². The van der Waals surface area contributed by atoms with Crippen molar-refractivity contribution in [3.05, 3.63) is 48.0 Å². The number of esters is 1. The van der Waals surface area contributed by atoms with Gasteiger partial charge in [-0.1, -0.05) is 107 Å². The third kappa shape index (κ3) is 15.6. The maximum absolute atomic E-state index is 11.9. The average Bonchev–Trinajstić information content (AvgIpc) is 2.76. The summed E-state index contributed by atoms with van der Waals surface area (Å²) in [5, 5.41) is -0.0847. The van der Waals surface area contributed by atoms with Crippen LogP contribution in [0.15, 0.2) is 42.5 Å². The summed E-state index contributed by atoms with van der Waals surface area (Å²) < 4.78 is 5.36. The minimum Gasteiger partial charge on any atom is -0.466 e. The highest BCUT2D eigenvalue weighted by atomic mass is 32.1. The summed E-state index contributed by atoms with van der Waals surface area (Å²) in [4.78, 5) is 11.9. The lowest BCUT2D eigenvalue weighted by atomic mass is 10.1. The number of carbonyl (C=O) groups excluding carboxylic acids is 1. The molecule has 2 nitrogen and oxygen atoms in total. The molecular weight excluding hydrogens is 388 g/mol. The van der Waals surface area contributed by atoms with Crippen LogP contribution >= 0.6 is 12.6 Å². The van der Waals surface area contributed by atoms with E-state index in [2.05, 4.69) is 31.7 Å². The molecule has 0 heterocycles. The number of ether oxygens (including phenoxy) is 1. The van der Waals surface area contributed by atoms with Gasteiger partial charge >= 0.3 is 5.97 Å². The number of allylic oxidation sites excluding steroid dienone is 2. The molecular formula is C27H44O2S. The predicted octanol–water partition coefficient (Wildman–Crippen LogP) is 8.63. The Hall–Kier alpha value is -1.22. The molecule has 0 saturated heterocycles. The lowest BCUT2D eigenvalue weighted by Crippen LogP contribution is -2.08. The predicted molar refractivity (Wildman–Crippen MR) is 133 cm³/mol. The van der Waals surface area contributed by atoms with E-state index in [1.165, 1.54) is 77.0 Å². The number of hydrogen-bond acceptors (Lipinski definition) is 3. The second-order valence-electron chi connectivity index (χ2n) is 8.29. The van der Waals surface area contributed by atoms with Crippen molar-refractivity contribution < 1.29 is 9.53 Å².